The highest BCUT2D eigenvalue weighted by atomic mass is 16.5. The van der Waals surface area contributed by atoms with Gasteiger partial charge in [-0.1, -0.05) is 31.4 Å². The van der Waals surface area contributed by atoms with Crippen LogP contribution in [-0.4, -0.2) is 12.4 Å². The van der Waals surface area contributed by atoms with Crippen molar-refractivity contribution in [3.8, 4) is 5.75 Å². The first-order valence-corrected chi connectivity index (χ1v) is 7.25. The monoisotopic (exact) mass is 260 g/mol. The number of nitrogens with one attached hydrogen (secondary N) is 2. The average Bonchev–Trinajstić information content (AvgIpc) is 2.44. The fourth-order valence-corrected chi connectivity index (χ4v) is 2.55. The number of benzene rings is 1. The Morgan fingerprint density at radius 2 is 2.11 bits per heavy atom. The molecule has 0 aromatic heterocycles. The lowest BCUT2D eigenvalue weighted by Crippen LogP contribution is -2.18. The number of ether oxygens (including phenoxy) is 1. The third kappa shape index (κ3) is 4.93. The Balaban J connectivity index is 1.82. The van der Waals surface area contributed by atoms with Gasteiger partial charge in [0.25, 0.3) is 0 Å². The molecule has 3 nitrogen and oxygen atoms in total. The molecular formula is C16H24N2O. The molecule has 0 aliphatic heterocycles. The summed E-state index contributed by atoms with van der Waals surface area (Å²) < 4.78 is 5.91. The van der Waals surface area contributed by atoms with Crippen LogP contribution in [0, 0.1) is 11.3 Å². The van der Waals surface area contributed by atoms with Crippen LogP contribution < -0.4 is 10.1 Å². The molecule has 0 saturated heterocycles. The van der Waals surface area contributed by atoms with Gasteiger partial charge < -0.3 is 10.1 Å². The second-order valence-corrected chi connectivity index (χ2v) is 5.44. The first-order chi connectivity index (χ1) is 9.24. The van der Waals surface area contributed by atoms with Gasteiger partial charge in [-0.3, -0.25) is 5.41 Å². The highest BCUT2D eigenvalue weighted by molar-refractivity contribution is 5.75. The van der Waals surface area contributed by atoms with Gasteiger partial charge in [-0.15, -0.1) is 0 Å². The molecule has 0 amide bonds. The Kier molecular flexibility index (Phi) is 5.25. The molecule has 1 aromatic carbocycles. The van der Waals surface area contributed by atoms with E-state index in [2.05, 4.69) is 17.4 Å². The Morgan fingerprint density at radius 3 is 2.84 bits per heavy atom. The summed E-state index contributed by atoms with van der Waals surface area (Å²) in [5.41, 5.74) is 1.16. The molecule has 3 heteroatoms. The fourth-order valence-electron chi connectivity index (χ4n) is 2.55. The third-order valence-electron chi connectivity index (χ3n) is 3.67. The quantitative estimate of drug-likeness (QED) is 0.626. The van der Waals surface area contributed by atoms with Crippen LogP contribution >= 0.6 is 0 Å². The third-order valence-corrected chi connectivity index (χ3v) is 3.67. The van der Waals surface area contributed by atoms with Crippen molar-refractivity contribution in [1.82, 2.24) is 5.32 Å². The fraction of sp³-hybridized carbons (Fsp3) is 0.562. The van der Waals surface area contributed by atoms with Gasteiger partial charge in [0, 0.05) is 6.54 Å². The molecule has 0 unspecified atom stereocenters. The van der Waals surface area contributed by atoms with E-state index in [-0.39, 0.29) is 0 Å². The highest BCUT2D eigenvalue weighted by Crippen LogP contribution is 2.24. The normalized spacial score (nSPS) is 16.1. The molecule has 1 aliphatic rings. The van der Waals surface area contributed by atoms with E-state index in [4.69, 9.17) is 10.1 Å². The Hall–Kier alpha value is -1.51. The maximum atomic E-state index is 7.37. The lowest BCUT2D eigenvalue weighted by atomic mass is 9.90. The molecular weight excluding hydrogens is 236 g/mol. The molecule has 19 heavy (non-hydrogen) atoms. The Morgan fingerprint density at radius 1 is 1.32 bits per heavy atom. The molecule has 0 spiro atoms. The number of hydrogen-bond acceptors (Lipinski definition) is 2. The van der Waals surface area contributed by atoms with E-state index >= 15 is 0 Å². The van der Waals surface area contributed by atoms with Crippen molar-refractivity contribution in [2.45, 2.75) is 45.6 Å². The zero-order valence-corrected chi connectivity index (χ0v) is 11.7. The van der Waals surface area contributed by atoms with Crippen LogP contribution in [0.5, 0.6) is 5.75 Å². The van der Waals surface area contributed by atoms with E-state index in [1.165, 1.54) is 32.1 Å². The first kappa shape index (κ1) is 13.9. The Bertz CT molecular complexity index is 411. The van der Waals surface area contributed by atoms with Crippen molar-refractivity contribution in [3.05, 3.63) is 29.8 Å². The zero-order chi connectivity index (χ0) is 13.5. The molecule has 0 heterocycles. The molecule has 1 aromatic rings. The standard InChI is InChI=1S/C16H24N2O/c1-13(17)18-11-15-8-5-9-16(10-15)19-12-14-6-3-2-4-7-14/h5,8-10,14H,2-4,6-7,11-12H2,1H3,(H2,17,18). The average molecular weight is 260 g/mol. The van der Waals surface area contributed by atoms with Gasteiger partial charge >= 0.3 is 0 Å². The summed E-state index contributed by atoms with van der Waals surface area (Å²) in [5.74, 6) is 2.18. The maximum absolute atomic E-state index is 7.37. The van der Waals surface area contributed by atoms with E-state index in [9.17, 15) is 0 Å². The summed E-state index contributed by atoms with van der Waals surface area (Å²) in [6.45, 7) is 3.29. The molecule has 2 N–H and O–H groups in total. The molecule has 1 fully saturated rings. The van der Waals surface area contributed by atoms with Crippen LogP contribution in [0.3, 0.4) is 0 Å². The zero-order valence-electron chi connectivity index (χ0n) is 11.7. The van der Waals surface area contributed by atoms with E-state index in [1.54, 1.807) is 6.92 Å². The summed E-state index contributed by atoms with van der Waals surface area (Å²) in [5, 5.41) is 10.4. The van der Waals surface area contributed by atoms with Crippen molar-refractivity contribution in [2.75, 3.05) is 6.61 Å². The van der Waals surface area contributed by atoms with Crippen LogP contribution in [0.25, 0.3) is 0 Å². The molecule has 1 aliphatic carbocycles. The van der Waals surface area contributed by atoms with Crippen LogP contribution in [0.15, 0.2) is 24.3 Å². The van der Waals surface area contributed by atoms with Gasteiger partial charge in [-0.2, -0.15) is 0 Å². The Labute approximate surface area is 115 Å². The van der Waals surface area contributed by atoms with Crippen molar-refractivity contribution in [1.29, 1.82) is 5.41 Å². The molecule has 0 atom stereocenters. The summed E-state index contributed by atoms with van der Waals surface area (Å²) >= 11 is 0. The van der Waals surface area contributed by atoms with Gasteiger partial charge in [0.1, 0.15) is 5.75 Å². The van der Waals surface area contributed by atoms with E-state index in [0.29, 0.717) is 12.4 Å². The van der Waals surface area contributed by atoms with Gasteiger partial charge in [0.15, 0.2) is 0 Å². The summed E-state index contributed by atoms with van der Waals surface area (Å²) in [6, 6.07) is 8.16. The van der Waals surface area contributed by atoms with Gasteiger partial charge in [0.05, 0.1) is 12.4 Å². The van der Waals surface area contributed by atoms with Crippen molar-refractivity contribution >= 4 is 5.84 Å². The lowest BCUT2D eigenvalue weighted by Gasteiger charge is -2.21. The molecule has 104 valence electrons. The second-order valence-electron chi connectivity index (χ2n) is 5.44. The first-order valence-electron chi connectivity index (χ1n) is 7.25. The van der Waals surface area contributed by atoms with Crippen LogP contribution in [0.1, 0.15) is 44.6 Å². The molecule has 2 rings (SSSR count). The number of hydrogen-bond donors (Lipinski definition) is 2. The maximum Gasteiger partial charge on any atom is 0.119 e. The van der Waals surface area contributed by atoms with Crippen molar-refractivity contribution < 1.29 is 4.74 Å². The summed E-state index contributed by atoms with van der Waals surface area (Å²) in [7, 11) is 0. The topological polar surface area (TPSA) is 45.1 Å². The van der Waals surface area contributed by atoms with Crippen molar-refractivity contribution in [3.63, 3.8) is 0 Å². The van der Waals surface area contributed by atoms with E-state index < -0.39 is 0 Å². The molecule has 0 radical (unpaired) electrons. The minimum Gasteiger partial charge on any atom is -0.493 e. The smallest absolute Gasteiger partial charge is 0.119 e. The highest BCUT2D eigenvalue weighted by Gasteiger charge is 2.13. The van der Waals surface area contributed by atoms with Crippen LogP contribution in [-0.2, 0) is 6.54 Å². The molecule has 0 bridgehead atoms. The predicted octanol–water partition coefficient (Wildman–Crippen LogP) is 3.73. The largest absolute Gasteiger partial charge is 0.493 e. The second kappa shape index (κ2) is 7.17. The minimum atomic E-state index is 0.494. The van der Waals surface area contributed by atoms with Crippen LogP contribution in [0.4, 0.5) is 0 Å². The number of amidine groups is 1. The number of rotatable bonds is 5. The van der Waals surface area contributed by atoms with Crippen molar-refractivity contribution in [2.24, 2.45) is 5.92 Å². The molecule has 1 saturated carbocycles. The predicted molar refractivity (Wildman–Crippen MR) is 78.8 cm³/mol. The SMILES string of the molecule is CC(=N)NCc1cccc(OCC2CCCCC2)c1. The van der Waals surface area contributed by atoms with Gasteiger partial charge in [-0.25, -0.2) is 0 Å². The van der Waals surface area contributed by atoms with Gasteiger partial charge in [-0.05, 0) is 43.4 Å². The minimum absolute atomic E-state index is 0.494. The summed E-state index contributed by atoms with van der Waals surface area (Å²) in [6.07, 6.45) is 6.73. The van der Waals surface area contributed by atoms with E-state index in [1.807, 2.05) is 12.1 Å². The lowest BCUT2D eigenvalue weighted by molar-refractivity contribution is 0.208. The van der Waals surface area contributed by atoms with Crippen LogP contribution in [0.2, 0.25) is 0 Å². The van der Waals surface area contributed by atoms with E-state index in [0.717, 1.165) is 23.8 Å². The summed E-state index contributed by atoms with van der Waals surface area (Å²) in [4.78, 5) is 0. The van der Waals surface area contributed by atoms with Gasteiger partial charge in [0.2, 0.25) is 0 Å².